The largest absolute Gasteiger partial charge is 0.478 e. The van der Waals surface area contributed by atoms with Crippen molar-refractivity contribution in [2.24, 2.45) is 0 Å². The minimum atomic E-state index is -3.97. The van der Waals surface area contributed by atoms with Crippen LogP contribution in [0.5, 0.6) is 0 Å². The fourth-order valence-electron chi connectivity index (χ4n) is 1.49. The third-order valence-corrected chi connectivity index (χ3v) is 3.74. The molecule has 0 spiro atoms. The molecule has 2 N–H and O–H groups in total. The fraction of sp³-hybridized carbons (Fsp3) is 0.182. The summed E-state index contributed by atoms with van der Waals surface area (Å²) in [5, 5.41) is 8.79. The molecule has 0 saturated heterocycles. The van der Waals surface area contributed by atoms with Gasteiger partial charge in [0, 0.05) is 18.9 Å². The average molecular weight is 296 g/mol. The predicted octanol–water partition coefficient (Wildman–Crippen LogP) is 0.797. The molecule has 2 heterocycles. The maximum atomic E-state index is 12.1. The number of hydrogen-bond acceptors (Lipinski definition) is 5. The van der Waals surface area contributed by atoms with Gasteiger partial charge in [0.25, 0.3) is 10.0 Å². The Kier molecular flexibility index (Phi) is 3.70. The quantitative estimate of drug-likeness (QED) is 0.843. The van der Waals surface area contributed by atoms with Crippen LogP contribution in [0.25, 0.3) is 0 Å². The second kappa shape index (κ2) is 5.29. The van der Waals surface area contributed by atoms with Crippen molar-refractivity contribution in [1.82, 2.24) is 14.5 Å². The average Bonchev–Trinajstić information content (AvgIpc) is 2.88. The van der Waals surface area contributed by atoms with Crippen molar-refractivity contribution in [3.05, 3.63) is 36.4 Å². The maximum absolute atomic E-state index is 12.1. The summed E-state index contributed by atoms with van der Waals surface area (Å²) in [6, 6.07) is 2.67. The molecule has 0 aliphatic carbocycles. The first kappa shape index (κ1) is 14.0. The number of carboxylic acid groups (broad SMARTS) is 1. The van der Waals surface area contributed by atoms with Gasteiger partial charge in [-0.15, -0.1) is 0 Å². The molecule has 8 nitrogen and oxygen atoms in total. The summed E-state index contributed by atoms with van der Waals surface area (Å²) < 4.78 is 27.9. The van der Waals surface area contributed by atoms with Crippen LogP contribution in [0.1, 0.15) is 17.3 Å². The molecule has 0 bridgehead atoms. The van der Waals surface area contributed by atoms with Gasteiger partial charge in [-0.05, 0) is 19.1 Å². The Labute approximate surface area is 115 Å². The van der Waals surface area contributed by atoms with Gasteiger partial charge < -0.3 is 9.67 Å². The van der Waals surface area contributed by atoms with E-state index in [1.165, 1.54) is 30.9 Å². The van der Waals surface area contributed by atoms with Gasteiger partial charge >= 0.3 is 5.97 Å². The lowest BCUT2D eigenvalue weighted by Gasteiger charge is -2.07. The maximum Gasteiger partial charge on any atom is 0.339 e. The lowest BCUT2D eigenvalue weighted by Crippen LogP contribution is -2.17. The van der Waals surface area contributed by atoms with Gasteiger partial charge in [0.1, 0.15) is 5.56 Å². The van der Waals surface area contributed by atoms with Crippen molar-refractivity contribution in [2.75, 3.05) is 4.72 Å². The van der Waals surface area contributed by atoms with Crippen LogP contribution in [0.3, 0.4) is 0 Å². The lowest BCUT2D eigenvalue weighted by molar-refractivity contribution is 0.0697. The number of aromatic carboxylic acids is 1. The van der Waals surface area contributed by atoms with Gasteiger partial charge in [-0.1, -0.05) is 0 Å². The smallest absolute Gasteiger partial charge is 0.339 e. The number of aromatic nitrogens is 3. The van der Waals surface area contributed by atoms with Crippen LogP contribution in [0.4, 0.5) is 5.82 Å². The van der Waals surface area contributed by atoms with Gasteiger partial charge in [0.05, 0.1) is 6.33 Å². The lowest BCUT2D eigenvalue weighted by atomic mass is 10.3. The second-order valence-electron chi connectivity index (χ2n) is 3.85. The van der Waals surface area contributed by atoms with Crippen molar-refractivity contribution in [3.8, 4) is 0 Å². The van der Waals surface area contributed by atoms with Crippen LogP contribution < -0.4 is 4.72 Å². The van der Waals surface area contributed by atoms with Gasteiger partial charge in [-0.25, -0.2) is 14.8 Å². The Morgan fingerprint density at radius 3 is 2.80 bits per heavy atom. The molecule has 0 fully saturated rings. The van der Waals surface area contributed by atoms with E-state index in [0.717, 1.165) is 0 Å². The Hall–Kier alpha value is -2.42. The summed E-state index contributed by atoms with van der Waals surface area (Å²) in [7, 11) is -3.97. The highest BCUT2D eigenvalue weighted by Crippen LogP contribution is 2.16. The standard InChI is InChI=1S/C11H12N4O4S/c1-2-15-6-9(13-7-15)20(18,19)14-10-8(11(16)17)4-3-5-12-10/h3-7H,2H2,1H3,(H,12,14)(H,16,17). The first-order valence-electron chi connectivity index (χ1n) is 5.67. The van der Waals surface area contributed by atoms with Crippen molar-refractivity contribution in [1.29, 1.82) is 0 Å². The molecule has 0 aromatic carbocycles. The fourth-order valence-corrected chi connectivity index (χ4v) is 2.47. The molecule has 0 unspecified atom stereocenters. The van der Waals surface area contributed by atoms with E-state index >= 15 is 0 Å². The first-order valence-corrected chi connectivity index (χ1v) is 7.15. The Bertz CT molecular complexity index is 738. The minimum Gasteiger partial charge on any atom is -0.478 e. The van der Waals surface area contributed by atoms with E-state index in [1.807, 2.05) is 6.92 Å². The Morgan fingerprint density at radius 2 is 2.20 bits per heavy atom. The molecule has 0 amide bonds. The summed E-state index contributed by atoms with van der Waals surface area (Å²) in [6.07, 6.45) is 4.03. The zero-order valence-electron chi connectivity index (χ0n) is 10.5. The molecule has 0 saturated carbocycles. The SMILES string of the molecule is CCn1cnc(S(=O)(=O)Nc2ncccc2C(=O)O)c1. The van der Waals surface area contributed by atoms with Gasteiger partial charge in [-0.3, -0.25) is 4.72 Å². The van der Waals surface area contributed by atoms with E-state index in [-0.39, 0.29) is 16.4 Å². The number of pyridine rings is 1. The number of carboxylic acids is 1. The van der Waals surface area contributed by atoms with Gasteiger partial charge in [-0.2, -0.15) is 8.42 Å². The molecule has 0 atom stereocenters. The van der Waals surface area contributed by atoms with Crippen LogP contribution in [0.2, 0.25) is 0 Å². The molecule has 106 valence electrons. The molecule has 2 aromatic rings. The van der Waals surface area contributed by atoms with Crippen LogP contribution in [0, 0.1) is 0 Å². The predicted molar refractivity (Wildman–Crippen MR) is 69.9 cm³/mol. The van der Waals surface area contributed by atoms with Crippen LogP contribution in [-0.4, -0.2) is 34.0 Å². The van der Waals surface area contributed by atoms with Crippen molar-refractivity contribution < 1.29 is 18.3 Å². The van der Waals surface area contributed by atoms with Crippen LogP contribution in [0.15, 0.2) is 35.9 Å². The topological polar surface area (TPSA) is 114 Å². The summed E-state index contributed by atoms with van der Waals surface area (Å²) >= 11 is 0. The van der Waals surface area contributed by atoms with E-state index in [9.17, 15) is 13.2 Å². The highest BCUT2D eigenvalue weighted by atomic mass is 32.2. The van der Waals surface area contributed by atoms with Gasteiger partial charge in [0.15, 0.2) is 10.8 Å². The zero-order chi connectivity index (χ0) is 14.8. The number of carbonyl (C=O) groups is 1. The molecular formula is C11H12N4O4S. The number of nitrogens with one attached hydrogen (secondary N) is 1. The number of anilines is 1. The van der Waals surface area contributed by atoms with E-state index in [4.69, 9.17) is 5.11 Å². The third kappa shape index (κ3) is 2.77. The molecule has 2 rings (SSSR count). The van der Waals surface area contributed by atoms with Crippen LogP contribution in [-0.2, 0) is 16.6 Å². The Morgan fingerprint density at radius 1 is 1.45 bits per heavy atom. The number of nitrogens with zero attached hydrogens (tertiary/aromatic N) is 3. The number of hydrogen-bond donors (Lipinski definition) is 2. The van der Waals surface area contributed by atoms with E-state index in [1.54, 1.807) is 4.57 Å². The van der Waals surface area contributed by atoms with Crippen molar-refractivity contribution >= 4 is 21.8 Å². The molecule has 2 aromatic heterocycles. The summed E-state index contributed by atoms with van der Waals surface area (Å²) in [4.78, 5) is 18.5. The molecule has 0 radical (unpaired) electrons. The summed E-state index contributed by atoms with van der Waals surface area (Å²) in [5.41, 5.74) is -0.231. The van der Waals surface area contributed by atoms with Crippen LogP contribution >= 0.6 is 0 Å². The van der Waals surface area contributed by atoms with E-state index < -0.39 is 16.0 Å². The highest BCUT2D eigenvalue weighted by molar-refractivity contribution is 7.92. The second-order valence-corrected chi connectivity index (χ2v) is 5.48. The van der Waals surface area contributed by atoms with E-state index in [2.05, 4.69) is 14.7 Å². The molecule has 9 heteroatoms. The van der Waals surface area contributed by atoms with Crippen molar-refractivity contribution in [2.45, 2.75) is 18.5 Å². The molecular weight excluding hydrogens is 284 g/mol. The molecule has 0 aliphatic heterocycles. The number of imidazole rings is 1. The zero-order valence-corrected chi connectivity index (χ0v) is 11.3. The minimum absolute atomic E-state index is 0.193. The summed E-state index contributed by atoms with van der Waals surface area (Å²) in [6.45, 7) is 2.42. The summed E-state index contributed by atoms with van der Waals surface area (Å²) in [5.74, 6) is -1.51. The number of aryl methyl sites for hydroxylation is 1. The van der Waals surface area contributed by atoms with E-state index in [0.29, 0.717) is 6.54 Å². The first-order chi connectivity index (χ1) is 9.44. The van der Waals surface area contributed by atoms with Crippen molar-refractivity contribution in [3.63, 3.8) is 0 Å². The highest BCUT2D eigenvalue weighted by Gasteiger charge is 2.21. The third-order valence-electron chi connectivity index (χ3n) is 2.52. The molecule has 0 aliphatic rings. The number of sulfonamides is 1. The number of rotatable bonds is 5. The molecule has 20 heavy (non-hydrogen) atoms. The Balaban J connectivity index is 2.36. The normalized spacial score (nSPS) is 11.2. The van der Waals surface area contributed by atoms with Gasteiger partial charge in [0.2, 0.25) is 0 Å². The monoisotopic (exact) mass is 296 g/mol.